The molecule has 0 bridgehead atoms. The van der Waals surface area contributed by atoms with Crippen LogP contribution < -0.4 is 5.32 Å². The molecule has 0 unspecified atom stereocenters. The van der Waals surface area contributed by atoms with Gasteiger partial charge in [0.2, 0.25) is 0 Å². The van der Waals surface area contributed by atoms with Gasteiger partial charge in [-0.1, -0.05) is 0 Å². The lowest BCUT2D eigenvalue weighted by Gasteiger charge is -2.09. The molecule has 0 aliphatic rings. The fourth-order valence-corrected chi connectivity index (χ4v) is 2.00. The van der Waals surface area contributed by atoms with Gasteiger partial charge in [0.25, 0.3) is 5.91 Å². The van der Waals surface area contributed by atoms with E-state index in [1.807, 2.05) is 0 Å². The number of anilines is 1. The standard InChI is InChI=1S/C14H11BrFNO2/c1-8-6-10(18)3-5-13(8)17-14(19)9-2-4-12(16)11(15)7-9/h2-7,18H,1H3,(H,17,19). The van der Waals surface area contributed by atoms with Gasteiger partial charge < -0.3 is 10.4 Å². The Morgan fingerprint density at radius 2 is 2.00 bits per heavy atom. The molecule has 0 spiro atoms. The lowest BCUT2D eigenvalue weighted by atomic mass is 10.1. The van der Waals surface area contributed by atoms with Crippen molar-refractivity contribution < 1.29 is 14.3 Å². The number of hydrogen-bond donors (Lipinski definition) is 2. The molecule has 0 aliphatic carbocycles. The highest BCUT2D eigenvalue weighted by Gasteiger charge is 2.10. The summed E-state index contributed by atoms with van der Waals surface area (Å²) in [6, 6.07) is 8.70. The van der Waals surface area contributed by atoms with Crippen LogP contribution in [0.3, 0.4) is 0 Å². The van der Waals surface area contributed by atoms with Gasteiger partial charge in [-0.2, -0.15) is 0 Å². The van der Waals surface area contributed by atoms with Gasteiger partial charge in [-0.3, -0.25) is 4.79 Å². The Hall–Kier alpha value is -1.88. The van der Waals surface area contributed by atoms with Crippen molar-refractivity contribution in [2.45, 2.75) is 6.92 Å². The largest absolute Gasteiger partial charge is 0.508 e. The minimum Gasteiger partial charge on any atom is -0.508 e. The summed E-state index contributed by atoms with van der Waals surface area (Å²) in [5.74, 6) is -0.619. The first-order valence-electron chi connectivity index (χ1n) is 5.53. The van der Waals surface area contributed by atoms with Crippen molar-refractivity contribution in [2.24, 2.45) is 0 Å². The number of carbonyl (C=O) groups is 1. The average Bonchev–Trinajstić information content (AvgIpc) is 2.36. The van der Waals surface area contributed by atoms with E-state index < -0.39 is 5.82 Å². The third-order valence-corrected chi connectivity index (χ3v) is 3.25. The van der Waals surface area contributed by atoms with Crippen LogP contribution in [-0.2, 0) is 0 Å². The molecule has 0 saturated carbocycles. The zero-order chi connectivity index (χ0) is 14.0. The third kappa shape index (κ3) is 3.12. The molecule has 2 rings (SSSR count). The minimum atomic E-state index is -0.419. The van der Waals surface area contributed by atoms with E-state index in [9.17, 15) is 14.3 Å². The van der Waals surface area contributed by atoms with E-state index in [-0.39, 0.29) is 16.1 Å². The van der Waals surface area contributed by atoms with Crippen LogP contribution in [0.25, 0.3) is 0 Å². The summed E-state index contributed by atoms with van der Waals surface area (Å²) in [4.78, 5) is 12.0. The summed E-state index contributed by atoms with van der Waals surface area (Å²) in [7, 11) is 0. The van der Waals surface area contributed by atoms with Crippen molar-refractivity contribution >= 4 is 27.5 Å². The normalized spacial score (nSPS) is 10.3. The Labute approximate surface area is 118 Å². The first kappa shape index (κ1) is 13.5. The molecule has 0 aliphatic heterocycles. The molecule has 3 nitrogen and oxygen atoms in total. The first-order chi connectivity index (χ1) is 8.97. The van der Waals surface area contributed by atoms with Crippen LogP contribution in [0, 0.1) is 12.7 Å². The van der Waals surface area contributed by atoms with Crippen LogP contribution >= 0.6 is 15.9 Å². The van der Waals surface area contributed by atoms with Crippen molar-refractivity contribution in [3.63, 3.8) is 0 Å². The number of aromatic hydroxyl groups is 1. The summed E-state index contributed by atoms with van der Waals surface area (Å²) < 4.78 is 13.3. The summed E-state index contributed by atoms with van der Waals surface area (Å²) >= 11 is 3.04. The predicted molar refractivity (Wildman–Crippen MR) is 74.9 cm³/mol. The molecular formula is C14H11BrFNO2. The Balaban J connectivity index is 2.23. The summed E-state index contributed by atoms with van der Waals surface area (Å²) in [6.45, 7) is 1.77. The zero-order valence-electron chi connectivity index (χ0n) is 10.1. The molecule has 0 radical (unpaired) electrons. The van der Waals surface area contributed by atoms with Crippen LogP contribution in [0.15, 0.2) is 40.9 Å². The molecule has 0 fully saturated rings. The van der Waals surface area contributed by atoms with E-state index in [4.69, 9.17) is 0 Å². The molecular weight excluding hydrogens is 313 g/mol. The van der Waals surface area contributed by atoms with Crippen molar-refractivity contribution in [3.8, 4) is 5.75 Å². The van der Waals surface area contributed by atoms with Gasteiger partial charge in [0.1, 0.15) is 11.6 Å². The van der Waals surface area contributed by atoms with Gasteiger partial charge in [0.15, 0.2) is 0 Å². The quantitative estimate of drug-likeness (QED) is 0.824. The molecule has 0 atom stereocenters. The third-order valence-electron chi connectivity index (χ3n) is 2.64. The Bertz CT molecular complexity index is 643. The maximum Gasteiger partial charge on any atom is 0.255 e. The number of rotatable bonds is 2. The average molecular weight is 324 g/mol. The maximum atomic E-state index is 13.1. The number of hydrogen-bond acceptors (Lipinski definition) is 2. The van der Waals surface area contributed by atoms with Crippen molar-refractivity contribution in [3.05, 3.63) is 57.8 Å². The van der Waals surface area contributed by atoms with E-state index in [1.54, 1.807) is 19.1 Å². The smallest absolute Gasteiger partial charge is 0.255 e. The number of aryl methyl sites for hydroxylation is 1. The van der Waals surface area contributed by atoms with Crippen LogP contribution in [0.1, 0.15) is 15.9 Å². The van der Waals surface area contributed by atoms with Crippen molar-refractivity contribution in [2.75, 3.05) is 5.32 Å². The van der Waals surface area contributed by atoms with Crippen molar-refractivity contribution in [1.82, 2.24) is 0 Å². The molecule has 19 heavy (non-hydrogen) atoms. The summed E-state index contributed by atoms with van der Waals surface area (Å²) in [6.07, 6.45) is 0. The second-order valence-corrected chi connectivity index (χ2v) is 4.94. The van der Waals surface area contributed by atoms with Gasteiger partial charge in [-0.25, -0.2) is 4.39 Å². The van der Waals surface area contributed by atoms with Crippen LogP contribution in [-0.4, -0.2) is 11.0 Å². The molecule has 1 amide bonds. The van der Waals surface area contributed by atoms with E-state index in [0.717, 1.165) is 5.56 Å². The molecule has 0 aromatic heterocycles. The number of nitrogens with one attached hydrogen (secondary N) is 1. The SMILES string of the molecule is Cc1cc(O)ccc1NC(=O)c1ccc(F)c(Br)c1. The van der Waals surface area contributed by atoms with Gasteiger partial charge in [0, 0.05) is 11.3 Å². The zero-order valence-corrected chi connectivity index (χ0v) is 11.7. The fraction of sp³-hybridized carbons (Fsp3) is 0.0714. The number of halogens is 2. The number of carbonyl (C=O) groups excluding carboxylic acids is 1. The minimum absolute atomic E-state index is 0.139. The maximum absolute atomic E-state index is 13.1. The van der Waals surface area contributed by atoms with Crippen LogP contribution in [0.5, 0.6) is 5.75 Å². The summed E-state index contributed by atoms with van der Waals surface area (Å²) in [5.41, 5.74) is 1.69. The van der Waals surface area contributed by atoms with E-state index in [0.29, 0.717) is 11.3 Å². The van der Waals surface area contributed by atoms with Crippen LogP contribution in [0.4, 0.5) is 10.1 Å². The molecule has 2 aromatic rings. The molecule has 2 aromatic carbocycles. The second-order valence-electron chi connectivity index (χ2n) is 4.08. The first-order valence-corrected chi connectivity index (χ1v) is 6.32. The topological polar surface area (TPSA) is 49.3 Å². The van der Waals surface area contributed by atoms with Crippen LogP contribution in [0.2, 0.25) is 0 Å². The lowest BCUT2D eigenvalue weighted by molar-refractivity contribution is 0.102. The molecule has 0 heterocycles. The second kappa shape index (κ2) is 5.40. The highest BCUT2D eigenvalue weighted by Crippen LogP contribution is 2.22. The number of amides is 1. The van der Waals surface area contributed by atoms with Crippen molar-refractivity contribution in [1.29, 1.82) is 0 Å². The highest BCUT2D eigenvalue weighted by molar-refractivity contribution is 9.10. The molecule has 5 heteroatoms. The predicted octanol–water partition coefficient (Wildman–Crippen LogP) is 3.85. The van der Waals surface area contributed by atoms with E-state index in [1.165, 1.54) is 24.3 Å². The van der Waals surface area contributed by atoms with Gasteiger partial charge in [-0.15, -0.1) is 0 Å². The molecule has 2 N–H and O–H groups in total. The van der Waals surface area contributed by atoms with Gasteiger partial charge >= 0.3 is 0 Å². The highest BCUT2D eigenvalue weighted by atomic mass is 79.9. The Morgan fingerprint density at radius 1 is 1.26 bits per heavy atom. The van der Waals surface area contributed by atoms with E-state index in [2.05, 4.69) is 21.2 Å². The number of benzene rings is 2. The fourth-order valence-electron chi connectivity index (χ4n) is 1.62. The Kier molecular flexibility index (Phi) is 3.85. The van der Waals surface area contributed by atoms with Gasteiger partial charge in [-0.05, 0) is 64.8 Å². The lowest BCUT2D eigenvalue weighted by Crippen LogP contribution is -2.12. The Morgan fingerprint density at radius 3 is 2.63 bits per heavy atom. The molecule has 98 valence electrons. The number of phenolic OH excluding ortho intramolecular Hbond substituents is 1. The van der Waals surface area contributed by atoms with Gasteiger partial charge in [0.05, 0.1) is 4.47 Å². The monoisotopic (exact) mass is 323 g/mol. The summed E-state index contributed by atoms with van der Waals surface area (Å²) in [5, 5.41) is 12.0. The number of phenols is 1. The van der Waals surface area contributed by atoms with E-state index >= 15 is 0 Å². The molecule has 0 saturated heterocycles.